The second kappa shape index (κ2) is 6.19. The van der Waals surface area contributed by atoms with E-state index in [1.54, 1.807) is 0 Å². The van der Waals surface area contributed by atoms with Crippen molar-refractivity contribution in [3.8, 4) is 0 Å². The first-order chi connectivity index (χ1) is 8.19. The van der Waals surface area contributed by atoms with Crippen molar-refractivity contribution in [2.24, 2.45) is 23.5 Å². The van der Waals surface area contributed by atoms with Crippen LogP contribution in [0.4, 0.5) is 0 Å². The first-order valence-corrected chi connectivity index (χ1v) is 7.63. The molecular weight excluding hydrogens is 208 g/mol. The maximum absolute atomic E-state index is 5.95. The van der Waals surface area contributed by atoms with Crippen molar-refractivity contribution in [2.45, 2.75) is 58.4 Å². The molecule has 0 aromatic heterocycles. The molecule has 0 bridgehead atoms. The Morgan fingerprint density at radius 1 is 1.06 bits per heavy atom. The van der Waals surface area contributed by atoms with E-state index in [9.17, 15) is 0 Å². The summed E-state index contributed by atoms with van der Waals surface area (Å²) >= 11 is 0. The number of nitrogens with zero attached hydrogens (tertiary/aromatic N) is 1. The zero-order chi connectivity index (χ0) is 12.3. The SMILES string of the molecule is CC1CCCC(CN2CCC(C)CC2CN)C1. The molecule has 0 aromatic rings. The third-order valence-corrected chi connectivity index (χ3v) is 4.91. The largest absolute Gasteiger partial charge is 0.329 e. The molecule has 0 amide bonds. The summed E-state index contributed by atoms with van der Waals surface area (Å²) in [7, 11) is 0. The first-order valence-electron chi connectivity index (χ1n) is 7.63. The highest BCUT2D eigenvalue weighted by molar-refractivity contribution is 4.83. The van der Waals surface area contributed by atoms with Crippen LogP contribution >= 0.6 is 0 Å². The lowest BCUT2D eigenvalue weighted by molar-refractivity contribution is 0.0880. The van der Waals surface area contributed by atoms with Crippen LogP contribution in [0.2, 0.25) is 0 Å². The van der Waals surface area contributed by atoms with Gasteiger partial charge in [-0.15, -0.1) is 0 Å². The molecule has 1 aliphatic heterocycles. The van der Waals surface area contributed by atoms with Crippen LogP contribution in [0.5, 0.6) is 0 Å². The zero-order valence-electron chi connectivity index (χ0n) is 11.7. The summed E-state index contributed by atoms with van der Waals surface area (Å²) in [6.07, 6.45) is 8.49. The van der Waals surface area contributed by atoms with E-state index in [1.807, 2.05) is 0 Å². The lowest BCUT2D eigenvalue weighted by Gasteiger charge is -2.41. The molecule has 2 nitrogen and oxygen atoms in total. The van der Waals surface area contributed by atoms with Gasteiger partial charge in [0.2, 0.25) is 0 Å². The van der Waals surface area contributed by atoms with Gasteiger partial charge in [0.05, 0.1) is 0 Å². The van der Waals surface area contributed by atoms with Crippen LogP contribution in [-0.2, 0) is 0 Å². The van der Waals surface area contributed by atoms with Gasteiger partial charge in [0.1, 0.15) is 0 Å². The highest BCUT2D eigenvalue weighted by atomic mass is 15.2. The molecule has 4 unspecified atom stereocenters. The second-order valence-electron chi connectivity index (χ2n) is 6.65. The summed E-state index contributed by atoms with van der Waals surface area (Å²) in [6, 6.07) is 0.663. The van der Waals surface area contributed by atoms with Crippen LogP contribution in [0.15, 0.2) is 0 Å². The number of likely N-dealkylation sites (tertiary alicyclic amines) is 1. The molecule has 2 rings (SSSR count). The Morgan fingerprint density at radius 3 is 2.53 bits per heavy atom. The maximum Gasteiger partial charge on any atom is 0.0221 e. The average molecular weight is 238 g/mol. The van der Waals surface area contributed by atoms with Gasteiger partial charge in [-0.2, -0.15) is 0 Å². The Labute approximate surface area is 107 Å². The van der Waals surface area contributed by atoms with E-state index in [2.05, 4.69) is 18.7 Å². The summed E-state index contributed by atoms with van der Waals surface area (Å²) in [6.45, 7) is 8.26. The minimum absolute atomic E-state index is 0.663. The third-order valence-electron chi connectivity index (χ3n) is 4.91. The average Bonchev–Trinajstić information content (AvgIpc) is 2.31. The molecule has 1 saturated heterocycles. The fourth-order valence-corrected chi connectivity index (χ4v) is 3.84. The lowest BCUT2D eigenvalue weighted by Crippen LogP contribution is -2.48. The molecule has 2 heteroatoms. The van der Waals surface area contributed by atoms with Crippen molar-refractivity contribution in [1.82, 2.24) is 4.90 Å². The molecule has 1 aliphatic carbocycles. The van der Waals surface area contributed by atoms with Gasteiger partial charge >= 0.3 is 0 Å². The van der Waals surface area contributed by atoms with Crippen LogP contribution in [-0.4, -0.2) is 30.6 Å². The van der Waals surface area contributed by atoms with Gasteiger partial charge in [-0.25, -0.2) is 0 Å². The molecule has 1 heterocycles. The summed E-state index contributed by atoms with van der Waals surface area (Å²) in [5.74, 6) is 2.78. The molecule has 17 heavy (non-hydrogen) atoms. The van der Waals surface area contributed by atoms with Crippen molar-refractivity contribution in [3.63, 3.8) is 0 Å². The molecule has 0 radical (unpaired) electrons. The van der Waals surface area contributed by atoms with Gasteiger partial charge in [0.25, 0.3) is 0 Å². The lowest BCUT2D eigenvalue weighted by atomic mass is 9.81. The molecule has 2 N–H and O–H groups in total. The Bertz CT molecular complexity index is 229. The predicted molar refractivity (Wildman–Crippen MR) is 73.9 cm³/mol. The van der Waals surface area contributed by atoms with Crippen LogP contribution in [0, 0.1) is 17.8 Å². The van der Waals surface area contributed by atoms with E-state index in [1.165, 1.54) is 51.6 Å². The van der Waals surface area contributed by atoms with Crippen LogP contribution < -0.4 is 5.73 Å². The summed E-state index contributed by atoms with van der Waals surface area (Å²) in [5.41, 5.74) is 5.95. The molecule has 0 spiro atoms. The van der Waals surface area contributed by atoms with Crippen LogP contribution in [0.25, 0.3) is 0 Å². The van der Waals surface area contributed by atoms with E-state index in [0.29, 0.717) is 6.04 Å². The minimum atomic E-state index is 0.663. The Kier molecular flexibility index (Phi) is 4.87. The van der Waals surface area contributed by atoms with Gasteiger partial charge in [0, 0.05) is 19.1 Å². The molecule has 0 aromatic carbocycles. The summed E-state index contributed by atoms with van der Waals surface area (Å²) in [4.78, 5) is 2.70. The molecule has 2 aliphatic rings. The molecule has 4 atom stereocenters. The van der Waals surface area contributed by atoms with Crippen molar-refractivity contribution in [3.05, 3.63) is 0 Å². The van der Waals surface area contributed by atoms with E-state index in [0.717, 1.165) is 24.3 Å². The van der Waals surface area contributed by atoms with Gasteiger partial charge < -0.3 is 5.73 Å². The number of rotatable bonds is 3. The van der Waals surface area contributed by atoms with Gasteiger partial charge in [-0.3, -0.25) is 4.90 Å². The van der Waals surface area contributed by atoms with E-state index in [4.69, 9.17) is 5.73 Å². The first kappa shape index (κ1) is 13.4. The van der Waals surface area contributed by atoms with Crippen molar-refractivity contribution in [2.75, 3.05) is 19.6 Å². The number of hydrogen-bond acceptors (Lipinski definition) is 2. The molecule has 2 fully saturated rings. The standard InChI is InChI=1S/C15H30N2/c1-12-4-3-5-14(8-12)11-17-7-6-13(2)9-15(17)10-16/h12-15H,3-11,16H2,1-2H3. The molecular formula is C15H30N2. The van der Waals surface area contributed by atoms with E-state index < -0.39 is 0 Å². The number of piperidine rings is 1. The summed E-state index contributed by atoms with van der Waals surface area (Å²) in [5, 5.41) is 0. The summed E-state index contributed by atoms with van der Waals surface area (Å²) < 4.78 is 0. The zero-order valence-corrected chi connectivity index (χ0v) is 11.7. The van der Waals surface area contributed by atoms with Crippen LogP contribution in [0.3, 0.4) is 0 Å². The Morgan fingerprint density at radius 2 is 1.82 bits per heavy atom. The Balaban J connectivity index is 1.84. The quantitative estimate of drug-likeness (QED) is 0.819. The monoisotopic (exact) mass is 238 g/mol. The van der Waals surface area contributed by atoms with Crippen LogP contribution in [0.1, 0.15) is 52.4 Å². The topological polar surface area (TPSA) is 29.3 Å². The molecule has 1 saturated carbocycles. The second-order valence-corrected chi connectivity index (χ2v) is 6.65. The number of hydrogen-bond donors (Lipinski definition) is 1. The van der Waals surface area contributed by atoms with Crippen molar-refractivity contribution in [1.29, 1.82) is 0 Å². The fourth-order valence-electron chi connectivity index (χ4n) is 3.84. The normalized spacial score (nSPS) is 40.4. The maximum atomic E-state index is 5.95. The molecule has 100 valence electrons. The number of nitrogens with two attached hydrogens (primary N) is 1. The van der Waals surface area contributed by atoms with Gasteiger partial charge in [-0.05, 0) is 50.0 Å². The highest BCUT2D eigenvalue weighted by Gasteiger charge is 2.28. The van der Waals surface area contributed by atoms with Crippen molar-refractivity contribution < 1.29 is 0 Å². The van der Waals surface area contributed by atoms with E-state index in [-0.39, 0.29) is 0 Å². The minimum Gasteiger partial charge on any atom is -0.329 e. The van der Waals surface area contributed by atoms with E-state index >= 15 is 0 Å². The third kappa shape index (κ3) is 3.69. The van der Waals surface area contributed by atoms with Crippen molar-refractivity contribution >= 4 is 0 Å². The Hall–Kier alpha value is -0.0800. The van der Waals surface area contributed by atoms with Gasteiger partial charge in [-0.1, -0.05) is 26.7 Å². The smallest absolute Gasteiger partial charge is 0.0221 e. The fraction of sp³-hybridized carbons (Fsp3) is 1.00. The predicted octanol–water partition coefficient (Wildman–Crippen LogP) is 2.87. The highest BCUT2D eigenvalue weighted by Crippen LogP contribution is 2.31. The van der Waals surface area contributed by atoms with Gasteiger partial charge in [0.15, 0.2) is 0 Å².